The summed E-state index contributed by atoms with van der Waals surface area (Å²) in [5, 5.41) is 3.33. The van der Waals surface area contributed by atoms with E-state index in [1.807, 2.05) is 30.0 Å². The lowest BCUT2D eigenvalue weighted by atomic mass is 10.1. The van der Waals surface area contributed by atoms with Gasteiger partial charge in [-0.25, -0.2) is 0 Å². The van der Waals surface area contributed by atoms with Gasteiger partial charge in [-0.15, -0.1) is 0 Å². The topological polar surface area (TPSA) is 41.6 Å². The molecule has 0 radical (unpaired) electrons. The van der Waals surface area contributed by atoms with Crippen LogP contribution in [0, 0.1) is 0 Å². The third kappa shape index (κ3) is 4.74. The first kappa shape index (κ1) is 15.8. The Hall–Kier alpha value is -1.55. The van der Waals surface area contributed by atoms with Crippen molar-refractivity contribution in [1.29, 1.82) is 0 Å². The molecule has 1 saturated heterocycles. The molecule has 1 aromatic carbocycles. The van der Waals surface area contributed by atoms with Crippen LogP contribution >= 0.6 is 0 Å². The number of likely N-dealkylation sites (tertiary alicyclic amines) is 1. The summed E-state index contributed by atoms with van der Waals surface area (Å²) in [6.07, 6.45) is 4.43. The minimum Gasteiger partial charge on any atom is -0.497 e. The molecule has 1 amide bonds. The van der Waals surface area contributed by atoms with Crippen molar-refractivity contribution in [2.75, 3.05) is 26.7 Å². The van der Waals surface area contributed by atoms with Gasteiger partial charge in [-0.05, 0) is 56.8 Å². The first-order valence-corrected chi connectivity index (χ1v) is 7.86. The Labute approximate surface area is 127 Å². The SMILES string of the molecule is COc1cccc(CCNC(C)C(=O)N2CCCCC2)c1. The minimum atomic E-state index is -0.103. The largest absolute Gasteiger partial charge is 0.497 e. The van der Waals surface area contributed by atoms with Crippen molar-refractivity contribution in [2.24, 2.45) is 0 Å². The zero-order chi connectivity index (χ0) is 15.1. The summed E-state index contributed by atoms with van der Waals surface area (Å²) in [7, 11) is 1.68. The quantitative estimate of drug-likeness (QED) is 0.873. The molecule has 1 heterocycles. The molecule has 1 atom stereocenters. The van der Waals surface area contributed by atoms with Crippen molar-refractivity contribution < 1.29 is 9.53 Å². The number of amides is 1. The van der Waals surface area contributed by atoms with Gasteiger partial charge in [0.15, 0.2) is 0 Å². The van der Waals surface area contributed by atoms with E-state index in [9.17, 15) is 4.79 Å². The number of piperidine rings is 1. The summed E-state index contributed by atoms with van der Waals surface area (Å²) in [6, 6.07) is 7.96. The smallest absolute Gasteiger partial charge is 0.239 e. The molecule has 2 rings (SSSR count). The third-order valence-corrected chi connectivity index (χ3v) is 4.04. The third-order valence-electron chi connectivity index (χ3n) is 4.04. The van der Waals surface area contributed by atoms with E-state index >= 15 is 0 Å². The Bertz CT molecular complexity index is 456. The van der Waals surface area contributed by atoms with Crippen molar-refractivity contribution in [3.05, 3.63) is 29.8 Å². The molecular formula is C17H26N2O2. The van der Waals surface area contributed by atoms with E-state index in [-0.39, 0.29) is 11.9 Å². The molecule has 0 bridgehead atoms. The van der Waals surface area contributed by atoms with Crippen molar-refractivity contribution in [3.8, 4) is 5.75 Å². The van der Waals surface area contributed by atoms with E-state index in [0.717, 1.165) is 44.6 Å². The van der Waals surface area contributed by atoms with E-state index in [1.165, 1.54) is 12.0 Å². The lowest BCUT2D eigenvalue weighted by molar-refractivity contribution is -0.133. The van der Waals surface area contributed by atoms with E-state index < -0.39 is 0 Å². The van der Waals surface area contributed by atoms with Crippen LogP contribution in [-0.2, 0) is 11.2 Å². The summed E-state index contributed by atoms with van der Waals surface area (Å²) in [4.78, 5) is 14.3. The molecule has 1 aliphatic heterocycles. The summed E-state index contributed by atoms with van der Waals surface area (Å²) < 4.78 is 5.22. The Morgan fingerprint density at radius 3 is 2.81 bits per heavy atom. The Kier molecular flexibility index (Phi) is 6.05. The number of methoxy groups -OCH3 is 1. The van der Waals surface area contributed by atoms with Crippen LogP contribution in [0.2, 0.25) is 0 Å². The van der Waals surface area contributed by atoms with Gasteiger partial charge in [-0.3, -0.25) is 4.79 Å². The van der Waals surface area contributed by atoms with Gasteiger partial charge in [0.25, 0.3) is 0 Å². The molecule has 1 aliphatic rings. The molecule has 1 aromatic rings. The van der Waals surface area contributed by atoms with E-state index in [4.69, 9.17) is 4.74 Å². The molecule has 0 aromatic heterocycles. The number of benzene rings is 1. The van der Waals surface area contributed by atoms with Gasteiger partial charge in [-0.2, -0.15) is 0 Å². The maximum atomic E-state index is 12.3. The summed E-state index contributed by atoms with van der Waals surface area (Å²) >= 11 is 0. The van der Waals surface area contributed by atoms with Crippen LogP contribution in [-0.4, -0.2) is 43.6 Å². The van der Waals surface area contributed by atoms with Crippen LogP contribution in [0.5, 0.6) is 5.75 Å². The minimum absolute atomic E-state index is 0.103. The first-order chi connectivity index (χ1) is 10.2. The maximum Gasteiger partial charge on any atom is 0.239 e. The number of ether oxygens (including phenoxy) is 1. The van der Waals surface area contributed by atoms with Gasteiger partial charge in [-0.1, -0.05) is 12.1 Å². The second-order valence-corrected chi connectivity index (χ2v) is 5.66. The van der Waals surface area contributed by atoms with E-state index in [2.05, 4.69) is 11.4 Å². The highest BCUT2D eigenvalue weighted by Crippen LogP contribution is 2.13. The van der Waals surface area contributed by atoms with Gasteiger partial charge >= 0.3 is 0 Å². The molecule has 1 unspecified atom stereocenters. The fourth-order valence-electron chi connectivity index (χ4n) is 2.74. The predicted molar refractivity (Wildman–Crippen MR) is 84.6 cm³/mol. The molecule has 21 heavy (non-hydrogen) atoms. The van der Waals surface area contributed by atoms with E-state index in [1.54, 1.807) is 7.11 Å². The van der Waals surface area contributed by atoms with Crippen LogP contribution in [0.4, 0.5) is 0 Å². The Morgan fingerprint density at radius 1 is 1.33 bits per heavy atom. The molecule has 116 valence electrons. The predicted octanol–water partition coefficient (Wildman–Crippen LogP) is 2.23. The molecule has 4 nitrogen and oxygen atoms in total. The molecule has 4 heteroatoms. The molecule has 0 aliphatic carbocycles. The van der Waals surface area contributed by atoms with Crippen molar-refractivity contribution in [1.82, 2.24) is 10.2 Å². The molecule has 1 N–H and O–H groups in total. The van der Waals surface area contributed by atoms with Crippen LogP contribution in [0.25, 0.3) is 0 Å². The highest BCUT2D eigenvalue weighted by atomic mass is 16.5. The van der Waals surface area contributed by atoms with Gasteiger partial charge in [0, 0.05) is 13.1 Å². The Morgan fingerprint density at radius 2 is 2.10 bits per heavy atom. The fraction of sp³-hybridized carbons (Fsp3) is 0.588. The second-order valence-electron chi connectivity index (χ2n) is 5.66. The normalized spacial score (nSPS) is 16.6. The van der Waals surface area contributed by atoms with Crippen LogP contribution in [0.3, 0.4) is 0 Å². The standard InChI is InChI=1S/C17H26N2O2/c1-14(17(20)19-11-4-3-5-12-19)18-10-9-15-7-6-8-16(13-15)21-2/h6-8,13-14,18H,3-5,9-12H2,1-2H3. The first-order valence-electron chi connectivity index (χ1n) is 7.86. The van der Waals surface area contributed by atoms with Gasteiger partial charge < -0.3 is 15.0 Å². The van der Waals surface area contributed by atoms with Crippen LogP contribution in [0.15, 0.2) is 24.3 Å². The lowest BCUT2D eigenvalue weighted by Gasteiger charge is -2.29. The van der Waals surface area contributed by atoms with Gasteiger partial charge in [0.2, 0.25) is 5.91 Å². The second kappa shape index (κ2) is 8.03. The highest BCUT2D eigenvalue weighted by molar-refractivity contribution is 5.81. The Balaban J connectivity index is 1.75. The molecule has 0 saturated carbocycles. The van der Waals surface area contributed by atoms with Crippen molar-refractivity contribution >= 4 is 5.91 Å². The number of nitrogens with zero attached hydrogens (tertiary/aromatic N) is 1. The molecule has 1 fully saturated rings. The fourth-order valence-corrected chi connectivity index (χ4v) is 2.74. The monoisotopic (exact) mass is 290 g/mol. The van der Waals surface area contributed by atoms with Crippen molar-refractivity contribution in [2.45, 2.75) is 38.6 Å². The number of hydrogen-bond donors (Lipinski definition) is 1. The van der Waals surface area contributed by atoms with Crippen LogP contribution < -0.4 is 10.1 Å². The average Bonchev–Trinajstić information content (AvgIpc) is 2.55. The highest BCUT2D eigenvalue weighted by Gasteiger charge is 2.21. The number of nitrogens with one attached hydrogen (secondary N) is 1. The molecular weight excluding hydrogens is 264 g/mol. The number of carbonyl (C=O) groups excluding carboxylic acids is 1. The summed E-state index contributed by atoms with van der Waals surface area (Å²) in [5.74, 6) is 1.12. The molecule has 0 spiro atoms. The summed E-state index contributed by atoms with van der Waals surface area (Å²) in [6.45, 7) is 4.60. The number of hydrogen-bond acceptors (Lipinski definition) is 3. The number of rotatable bonds is 6. The van der Waals surface area contributed by atoms with Crippen LogP contribution in [0.1, 0.15) is 31.7 Å². The summed E-state index contributed by atoms with van der Waals surface area (Å²) in [5.41, 5.74) is 1.22. The number of carbonyl (C=O) groups is 1. The maximum absolute atomic E-state index is 12.3. The van der Waals surface area contributed by atoms with Gasteiger partial charge in [0.1, 0.15) is 5.75 Å². The zero-order valence-corrected chi connectivity index (χ0v) is 13.1. The van der Waals surface area contributed by atoms with Crippen molar-refractivity contribution in [3.63, 3.8) is 0 Å². The zero-order valence-electron chi connectivity index (χ0n) is 13.1. The lowest BCUT2D eigenvalue weighted by Crippen LogP contribution is -2.47. The van der Waals surface area contributed by atoms with Gasteiger partial charge in [0.05, 0.1) is 13.2 Å². The van der Waals surface area contributed by atoms with E-state index in [0.29, 0.717) is 0 Å². The average molecular weight is 290 g/mol.